The molecule has 4 heteroatoms. The molecule has 0 aromatic heterocycles. The summed E-state index contributed by atoms with van der Waals surface area (Å²) in [7, 11) is 0. The van der Waals surface area contributed by atoms with Gasteiger partial charge in [-0.1, -0.05) is 12.8 Å². The first-order valence-corrected chi connectivity index (χ1v) is 6.10. The minimum atomic E-state index is 0.471. The Balaban J connectivity index is 2.83. The van der Waals surface area contributed by atoms with Gasteiger partial charge < -0.3 is 14.3 Å². The fourth-order valence-corrected chi connectivity index (χ4v) is 1.29. The molecule has 0 aliphatic rings. The van der Waals surface area contributed by atoms with Gasteiger partial charge in [0.15, 0.2) is 0 Å². The third-order valence-electron chi connectivity index (χ3n) is 1.92. The van der Waals surface area contributed by atoms with Gasteiger partial charge in [-0.15, -0.1) is 11.6 Å². The van der Waals surface area contributed by atoms with Crippen molar-refractivity contribution in [3.8, 4) is 0 Å². The molecule has 0 fully saturated rings. The van der Waals surface area contributed by atoms with Gasteiger partial charge in [0, 0.05) is 18.9 Å². The average Bonchev–Trinajstić information content (AvgIpc) is 2.26. The first kappa shape index (κ1) is 14.9. The minimum Gasteiger partial charge on any atom is -0.379 e. The third-order valence-corrected chi connectivity index (χ3v) is 2.19. The predicted molar refractivity (Wildman–Crippen MR) is 61.5 cm³/mol. The van der Waals surface area contributed by atoms with E-state index in [2.05, 4.69) is 0 Å². The molecular formula is C11H21ClO3. The molecule has 0 saturated carbocycles. The highest BCUT2D eigenvalue weighted by atomic mass is 35.5. The minimum absolute atomic E-state index is 0.471. The van der Waals surface area contributed by atoms with E-state index in [9.17, 15) is 4.79 Å². The zero-order chi connectivity index (χ0) is 11.2. The van der Waals surface area contributed by atoms with Crippen molar-refractivity contribution in [1.82, 2.24) is 0 Å². The van der Waals surface area contributed by atoms with Crippen LogP contribution in [0.5, 0.6) is 0 Å². The van der Waals surface area contributed by atoms with E-state index in [-0.39, 0.29) is 0 Å². The zero-order valence-electron chi connectivity index (χ0n) is 9.25. The van der Waals surface area contributed by atoms with E-state index >= 15 is 0 Å². The van der Waals surface area contributed by atoms with Crippen LogP contribution < -0.4 is 0 Å². The number of unbranched alkanes of at least 4 members (excludes halogenated alkanes) is 3. The van der Waals surface area contributed by atoms with E-state index in [0.717, 1.165) is 31.6 Å². The van der Waals surface area contributed by atoms with Crippen molar-refractivity contribution in [2.24, 2.45) is 0 Å². The molecule has 0 unspecified atom stereocenters. The second-order valence-electron chi connectivity index (χ2n) is 3.28. The predicted octanol–water partition coefficient (Wildman–Crippen LogP) is 2.41. The van der Waals surface area contributed by atoms with Crippen LogP contribution in [0.4, 0.5) is 0 Å². The molecule has 0 heterocycles. The Hall–Kier alpha value is -0.120. The molecular weight excluding hydrogens is 216 g/mol. The lowest BCUT2D eigenvalue weighted by molar-refractivity contribution is -0.108. The van der Waals surface area contributed by atoms with Gasteiger partial charge in [0.2, 0.25) is 0 Å². The van der Waals surface area contributed by atoms with Gasteiger partial charge in [-0.25, -0.2) is 0 Å². The number of hydrogen-bond donors (Lipinski definition) is 0. The molecule has 0 spiro atoms. The van der Waals surface area contributed by atoms with E-state index in [1.54, 1.807) is 0 Å². The van der Waals surface area contributed by atoms with Crippen molar-refractivity contribution in [3.05, 3.63) is 0 Å². The topological polar surface area (TPSA) is 35.5 Å². The molecule has 0 N–H and O–H groups in total. The standard InChI is InChI=1S/C11H21ClO3/c12-6-3-1-2-4-8-14-10-11-15-9-5-7-13/h7H,1-6,8-11H2. The lowest BCUT2D eigenvalue weighted by atomic mass is 10.2. The van der Waals surface area contributed by atoms with Gasteiger partial charge >= 0.3 is 0 Å². The van der Waals surface area contributed by atoms with Gasteiger partial charge in [0.05, 0.1) is 19.8 Å². The van der Waals surface area contributed by atoms with Crippen molar-refractivity contribution in [1.29, 1.82) is 0 Å². The smallest absolute Gasteiger partial charge is 0.122 e. The number of rotatable bonds is 12. The second kappa shape index (κ2) is 13.9. The molecule has 0 aromatic carbocycles. The van der Waals surface area contributed by atoms with Crippen LogP contribution in [0, 0.1) is 0 Å². The maximum Gasteiger partial charge on any atom is 0.122 e. The Kier molecular flexibility index (Phi) is 13.8. The van der Waals surface area contributed by atoms with Crippen LogP contribution in [0.1, 0.15) is 32.1 Å². The zero-order valence-corrected chi connectivity index (χ0v) is 10.0. The van der Waals surface area contributed by atoms with E-state index in [0.29, 0.717) is 26.2 Å². The number of carbonyl (C=O) groups excluding carboxylic acids is 1. The molecule has 0 bridgehead atoms. The average molecular weight is 237 g/mol. The van der Waals surface area contributed by atoms with E-state index < -0.39 is 0 Å². The number of alkyl halides is 1. The first-order chi connectivity index (χ1) is 7.41. The van der Waals surface area contributed by atoms with Crippen molar-refractivity contribution in [2.45, 2.75) is 32.1 Å². The molecule has 0 aromatic rings. The molecule has 3 nitrogen and oxygen atoms in total. The Morgan fingerprint density at radius 2 is 1.53 bits per heavy atom. The van der Waals surface area contributed by atoms with Gasteiger partial charge in [-0.2, -0.15) is 0 Å². The summed E-state index contributed by atoms with van der Waals surface area (Å²) in [5.41, 5.74) is 0. The highest BCUT2D eigenvalue weighted by molar-refractivity contribution is 6.17. The summed E-state index contributed by atoms with van der Waals surface area (Å²) in [5, 5.41) is 0. The molecule has 15 heavy (non-hydrogen) atoms. The van der Waals surface area contributed by atoms with Crippen molar-refractivity contribution < 1.29 is 14.3 Å². The fraction of sp³-hybridized carbons (Fsp3) is 0.909. The Morgan fingerprint density at radius 1 is 0.867 bits per heavy atom. The summed E-state index contributed by atoms with van der Waals surface area (Å²) < 4.78 is 10.5. The van der Waals surface area contributed by atoms with Crippen LogP contribution in [0.2, 0.25) is 0 Å². The molecule has 0 aliphatic carbocycles. The van der Waals surface area contributed by atoms with Crippen molar-refractivity contribution >= 4 is 17.9 Å². The van der Waals surface area contributed by atoms with Gasteiger partial charge in [0.25, 0.3) is 0 Å². The van der Waals surface area contributed by atoms with Crippen molar-refractivity contribution in [2.75, 3.05) is 32.3 Å². The summed E-state index contributed by atoms with van der Waals surface area (Å²) in [4.78, 5) is 9.94. The number of hydrogen-bond acceptors (Lipinski definition) is 3. The normalized spacial score (nSPS) is 10.5. The Labute approximate surface area is 97.1 Å². The van der Waals surface area contributed by atoms with Crippen LogP contribution in [0.15, 0.2) is 0 Å². The lowest BCUT2D eigenvalue weighted by Gasteiger charge is -2.04. The van der Waals surface area contributed by atoms with Gasteiger partial charge in [-0.3, -0.25) is 0 Å². The van der Waals surface area contributed by atoms with Gasteiger partial charge in [-0.05, 0) is 12.8 Å². The summed E-state index contributed by atoms with van der Waals surface area (Å²) >= 11 is 5.55. The largest absolute Gasteiger partial charge is 0.379 e. The second-order valence-corrected chi connectivity index (χ2v) is 3.66. The number of halogens is 1. The highest BCUT2D eigenvalue weighted by Gasteiger charge is 1.91. The summed E-state index contributed by atoms with van der Waals surface area (Å²) in [6, 6.07) is 0. The molecule has 0 amide bonds. The molecule has 0 rings (SSSR count). The Morgan fingerprint density at radius 3 is 2.20 bits per heavy atom. The number of carbonyl (C=O) groups is 1. The maximum atomic E-state index is 9.94. The van der Waals surface area contributed by atoms with E-state index in [1.165, 1.54) is 12.8 Å². The molecule has 90 valence electrons. The molecule has 0 atom stereocenters. The molecule has 0 aliphatic heterocycles. The lowest BCUT2D eigenvalue weighted by Crippen LogP contribution is -2.06. The van der Waals surface area contributed by atoms with Crippen LogP contribution in [0.25, 0.3) is 0 Å². The highest BCUT2D eigenvalue weighted by Crippen LogP contribution is 2.00. The maximum absolute atomic E-state index is 9.94. The van der Waals surface area contributed by atoms with E-state index in [1.807, 2.05) is 0 Å². The summed E-state index contributed by atoms with van der Waals surface area (Å²) in [5.74, 6) is 0.755. The van der Waals surface area contributed by atoms with E-state index in [4.69, 9.17) is 21.1 Å². The third kappa shape index (κ3) is 13.9. The molecule has 0 saturated heterocycles. The first-order valence-electron chi connectivity index (χ1n) is 5.57. The monoisotopic (exact) mass is 236 g/mol. The summed E-state index contributed by atoms with van der Waals surface area (Å²) in [6.07, 6.45) is 5.87. The van der Waals surface area contributed by atoms with Crippen molar-refractivity contribution in [3.63, 3.8) is 0 Å². The van der Waals surface area contributed by atoms with Gasteiger partial charge in [0.1, 0.15) is 6.29 Å². The van der Waals surface area contributed by atoms with Crippen LogP contribution in [-0.4, -0.2) is 38.6 Å². The SMILES string of the molecule is O=CCCOCCOCCCCCCCl. The number of aldehydes is 1. The fourth-order valence-electron chi connectivity index (χ4n) is 1.11. The number of ether oxygens (including phenoxy) is 2. The quantitative estimate of drug-likeness (QED) is 0.297. The van der Waals surface area contributed by atoms with Crippen LogP contribution in [0.3, 0.4) is 0 Å². The van der Waals surface area contributed by atoms with Crippen LogP contribution >= 0.6 is 11.6 Å². The molecule has 0 radical (unpaired) electrons. The summed E-state index contributed by atoms with van der Waals surface area (Å²) in [6.45, 7) is 2.49. The van der Waals surface area contributed by atoms with Crippen LogP contribution in [-0.2, 0) is 14.3 Å². The Bertz CT molecular complexity index is 131.